The highest BCUT2D eigenvalue weighted by Crippen LogP contribution is 2.17. The van der Waals surface area contributed by atoms with Gasteiger partial charge < -0.3 is 10.1 Å². The number of rotatable bonds is 7. The average Bonchev–Trinajstić information content (AvgIpc) is 2.52. The molecule has 1 aromatic rings. The van der Waals surface area contributed by atoms with E-state index >= 15 is 0 Å². The quantitative estimate of drug-likeness (QED) is 0.801. The van der Waals surface area contributed by atoms with Crippen molar-refractivity contribution in [2.45, 2.75) is 31.2 Å². The first kappa shape index (κ1) is 16.4. The van der Waals surface area contributed by atoms with E-state index in [1.807, 2.05) is 19.1 Å². The molecule has 1 unspecified atom stereocenters. The topological polar surface area (TPSA) is 67.4 Å². The molecule has 1 saturated heterocycles. The molecule has 1 aromatic carbocycles. The lowest BCUT2D eigenvalue weighted by Gasteiger charge is -2.22. The van der Waals surface area contributed by atoms with Gasteiger partial charge in [0.1, 0.15) is 0 Å². The molecule has 2 rings (SSSR count). The Bertz CT molecular complexity index is 540. The fraction of sp³-hybridized carbons (Fsp3) is 0.600. The highest BCUT2D eigenvalue weighted by atomic mass is 32.2. The van der Waals surface area contributed by atoms with Crippen LogP contribution in [-0.4, -0.2) is 34.7 Å². The molecule has 1 aliphatic rings. The van der Waals surface area contributed by atoms with E-state index in [4.69, 9.17) is 4.74 Å². The molecule has 0 bridgehead atoms. The second kappa shape index (κ2) is 7.89. The lowest BCUT2D eigenvalue weighted by Crippen LogP contribution is -2.33. The molecular formula is C15H24N2O3S. The van der Waals surface area contributed by atoms with Gasteiger partial charge in [0.25, 0.3) is 0 Å². The third-order valence-corrected chi connectivity index (χ3v) is 5.17. The second-order valence-corrected chi connectivity index (χ2v) is 7.06. The Morgan fingerprint density at radius 2 is 2.14 bits per heavy atom. The number of hydrogen-bond donors (Lipinski definition) is 2. The minimum Gasteiger partial charge on any atom is -0.381 e. The molecule has 0 radical (unpaired) electrons. The van der Waals surface area contributed by atoms with Crippen LogP contribution in [0.5, 0.6) is 0 Å². The van der Waals surface area contributed by atoms with Crippen LogP contribution in [0, 0.1) is 5.92 Å². The van der Waals surface area contributed by atoms with Crippen LogP contribution in [0.15, 0.2) is 29.2 Å². The average molecular weight is 312 g/mol. The zero-order chi connectivity index (χ0) is 15.1. The summed E-state index contributed by atoms with van der Waals surface area (Å²) < 4.78 is 33.1. The molecule has 2 N–H and O–H groups in total. The van der Waals surface area contributed by atoms with Crippen LogP contribution in [-0.2, 0) is 21.3 Å². The van der Waals surface area contributed by atoms with Crippen molar-refractivity contribution in [3.05, 3.63) is 29.8 Å². The van der Waals surface area contributed by atoms with E-state index in [9.17, 15) is 8.42 Å². The number of hydrogen-bond acceptors (Lipinski definition) is 4. The standard InChI is InChI=1S/C15H24N2O3S/c1-2-16-11-14-7-3-4-8-15(14)21(18,19)17-10-13-6-5-9-20-12-13/h3-4,7-8,13,16-17H,2,5-6,9-12H2,1H3. The van der Waals surface area contributed by atoms with Gasteiger partial charge in [-0.2, -0.15) is 0 Å². The Morgan fingerprint density at radius 3 is 2.86 bits per heavy atom. The smallest absolute Gasteiger partial charge is 0.240 e. The van der Waals surface area contributed by atoms with Crippen LogP contribution >= 0.6 is 0 Å². The van der Waals surface area contributed by atoms with Crippen molar-refractivity contribution in [2.24, 2.45) is 5.92 Å². The summed E-state index contributed by atoms with van der Waals surface area (Å²) in [4.78, 5) is 0.364. The lowest BCUT2D eigenvalue weighted by atomic mass is 10.0. The molecule has 5 nitrogen and oxygen atoms in total. The highest BCUT2D eigenvalue weighted by Gasteiger charge is 2.21. The van der Waals surface area contributed by atoms with E-state index in [-0.39, 0.29) is 5.92 Å². The Hall–Kier alpha value is -0.950. The molecule has 0 amide bonds. The molecule has 1 atom stereocenters. The fourth-order valence-corrected chi connectivity index (χ4v) is 3.80. The fourth-order valence-electron chi connectivity index (χ4n) is 2.45. The lowest BCUT2D eigenvalue weighted by molar-refractivity contribution is 0.0568. The first-order chi connectivity index (χ1) is 10.1. The molecule has 1 heterocycles. The van der Waals surface area contributed by atoms with Gasteiger partial charge in [-0.15, -0.1) is 0 Å². The molecular weight excluding hydrogens is 288 g/mol. The molecule has 1 fully saturated rings. The summed E-state index contributed by atoms with van der Waals surface area (Å²) in [5.74, 6) is 0.273. The van der Waals surface area contributed by atoms with Gasteiger partial charge >= 0.3 is 0 Å². The van der Waals surface area contributed by atoms with E-state index in [0.29, 0.717) is 24.6 Å². The highest BCUT2D eigenvalue weighted by molar-refractivity contribution is 7.89. The SMILES string of the molecule is CCNCc1ccccc1S(=O)(=O)NCC1CCCOC1. The van der Waals surface area contributed by atoms with Crippen molar-refractivity contribution in [1.29, 1.82) is 0 Å². The van der Waals surface area contributed by atoms with Gasteiger partial charge in [-0.1, -0.05) is 25.1 Å². The maximum Gasteiger partial charge on any atom is 0.240 e. The van der Waals surface area contributed by atoms with E-state index < -0.39 is 10.0 Å². The first-order valence-corrected chi connectivity index (χ1v) is 8.98. The maximum absolute atomic E-state index is 12.5. The van der Waals surface area contributed by atoms with E-state index in [1.54, 1.807) is 12.1 Å². The predicted molar refractivity (Wildman–Crippen MR) is 82.6 cm³/mol. The normalized spacial score (nSPS) is 19.6. The van der Waals surface area contributed by atoms with Crippen LogP contribution in [0.3, 0.4) is 0 Å². The minimum atomic E-state index is -3.47. The van der Waals surface area contributed by atoms with Gasteiger partial charge in [0.05, 0.1) is 11.5 Å². The monoisotopic (exact) mass is 312 g/mol. The van der Waals surface area contributed by atoms with Crippen molar-refractivity contribution in [1.82, 2.24) is 10.0 Å². The Labute approximate surface area is 127 Å². The van der Waals surface area contributed by atoms with Crippen molar-refractivity contribution < 1.29 is 13.2 Å². The van der Waals surface area contributed by atoms with Crippen molar-refractivity contribution in [3.8, 4) is 0 Å². The Morgan fingerprint density at radius 1 is 1.33 bits per heavy atom. The molecule has 6 heteroatoms. The zero-order valence-electron chi connectivity index (χ0n) is 12.5. The Balaban J connectivity index is 2.04. The van der Waals surface area contributed by atoms with Gasteiger partial charge in [-0.3, -0.25) is 0 Å². The molecule has 0 aliphatic carbocycles. The molecule has 0 saturated carbocycles. The molecule has 0 spiro atoms. The van der Waals surface area contributed by atoms with Crippen molar-refractivity contribution in [2.75, 3.05) is 26.3 Å². The van der Waals surface area contributed by atoms with Crippen LogP contribution in [0.4, 0.5) is 0 Å². The van der Waals surface area contributed by atoms with Gasteiger partial charge in [0.2, 0.25) is 10.0 Å². The summed E-state index contributed by atoms with van der Waals surface area (Å²) >= 11 is 0. The second-order valence-electron chi connectivity index (χ2n) is 5.32. The summed E-state index contributed by atoms with van der Waals surface area (Å²) in [7, 11) is -3.47. The third-order valence-electron chi connectivity index (χ3n) is 3.64. The predicted octanol–water partition coefficient (Wildman–Crippen LogP) is 1.50. The summed E-state index contributed by atoms with van der Waals surface area (Å²) in [5.41, 5.74) is 0.798. The van der Waals surface area contributed by atoms with Gasteiger partial charge in [-0.05, 0) is 36.9 Å². The van der Waals surface area contributed by atoms with E-state index in [0.717, 1.165) is 31.6 Å². The summed E-state index contributed by atoms with van der Waals surface area (Å²) in [5, 5.41) is 3.17. The van der Waals surface area contributed by atoms with Gasteiger partial charge in [0.15, 0.2) is 0 Å². The van der Waals surface area contributed by atoms with Crippen LogP contribution in [0.1, 0.15) is 25.3 Å². The summed E-state index contributed by atoms with van der Waals surface area (Å²) in [6.07, 6.45) is 2.02. The van der Waals surface area contributed by atoms with Crippen LogP contribution < -0.4 is 10.0 Å². The largest absolute Gasteiger partial charge is 0.381 e. The van der Waals surface area contributed by atoms with Crippen LogP contribution in [0.25, 0.3) is 0 Å². The van der Waals surface area contributed by atoms with Gasteiger partial charge in [0, 0.05) is 19.7 Å². The minimum absolute atomic E-state index is 0.273. The molecule has 1 aliphatic heterocycles. The molecule has 0 aromatic heterocycles. The first-order valence-electron chi connectivity index (χ1n) is 7.49. The number of ether oxygens (including phenoxy) is 1. The summed E-state index contributed by atoms with van der Waals surface area (Å²) in [6.45, 7) is 5.23. The maximum atomic E-state index is 12.5. The van der Waals surface area contributed by atoms with Crippen LogP contribution in [0.2, 0.25) is 0 Å². The van der Waals surface area contributed by atoms with Crippen molar-refractivity contribution in [3.63, 3.8) is 0 Å². The zero-order valence-corrected chi connectivity index (χ0v) is 13.3. The number of benzene rings is 1. The van der Waals surface area contributed by atoms with E-state index in [1.165, 1.54) is 0 Å². The number of sulfonamides is 1. The molecule has 21 heavy (non-hydrogen) atoms. The Kier molecular flexibility index (Phi) is 6.17. The summed E-state index contributed by atoms with van der Waals surface area (Å²) in [6, 6.07) is 7.13. The molecule has 118 valence electrons. The van der Waals surface area contributed by atoms with Gasteiger partial charge in [-0.25, -0.2) is 13.1 Å². The third kappa shape index (κ3) is 4.78. The van der Waals surface area contributed by atoms with Crippen molar-refractivity contribution >= 4 is 10.0 Å². The number of nitrogens with one attached hydrogen (secondary N) is 2. The van der Waals surface area contributed by atoms with E-state index in [2.05, 4.69) is 10.0 Å².